The molecule has 0 unspecified atom stereocenters. The maximum absolute atomic E-state index is 12.6. The summed E-state index contributed by atoms with van der Waals surface area (Å²) in [5.74, 6) is 0.856. The molecule has 1 saturated carbocycles. The minimum absolute atomic E-state index is 0.0845. The summed E-state index contributed by atoms with van der Waals surface area (Å²) in [7, 11) is 5.57. The first-order chi connectivity index (χ1) is 10.1. The highest BCUT2D eigenvalue weighted by atomic mass is 16.5. The molecule has 2 rings (SSSR count). The van der Waals surface area contributed by atoms with Crippen LogP contribution in [0.15, 0.2) is 18.2 Å². The fourth-order valence-corrected chi connectivity index (χ4v) is 3.07. The third kappa shape index (κ3) is 3.56. The first-order valence-electron chi connectivity index (χ1n) is 7.66. The van der Waals surface area contributed by atoms with E-state index in [4.69, 9.17) is 4.74 Å². The van der Waals surface area contributed by atoms with Crippen molar-refractivity contribution in [3.63, 3.8) is 0 Å². The van der Waals surface area contributed by atoms with Crippen molar-refractivity contribution in [2.24, 2.45) is 0 Å². The van der Waals surface area contributed by atoms with Gasteiger partial charge in [-0.05, 0) is 57.4 Å². The van der Waals surface area contributed by atoms with Crippen LogP contribution in [0.1, 0.15) is 41.6 Å². The van der Waals surface area contributed by atoms with Crippen LogP contribution in [0, 0.1) is 6.92 Å². The zero-order chi connectivity index (χ0) is 15.4. The number of rotatable bonds is 4. The fraction of sp³-hybridized carbons (Fsp3) is 0.588. The van der Waals surface area contributed by atoms with Gasteiger partial charge in [0.15, 0.2) is 0 Å². The summed E-state index contributed by atoms with van der Waals surface area (Å²) in [4.78, 5) is 14.5. The number of aryl methyl sites for hydroxylation is 1. The van der Waals surface area contributed by atoms with Gasteiger partial charge in [-0.3, -0.25) is 4.79 Å². The average molecular weight is 290 g/mol. The molecular weight excluding hydrogens is 264 g/mol. The number of carbonyl (C=O) groups excluding carboxylic acids is 1. The van der Waals surface area contributed by atoms with Crippen LogP contribution >= 0.6 is 0 Å². The van der Waals surface area contributed by atoms with E-state index in [9.17, 15) is 4.79 Å². The molecule has 0 bridgehead atoms. The van der Waals surface area contributed by atoms with Crippen molar-refractivity contribution in [1.82, 2.24) is 10.2 Å². The Balaban J connectivity index is 2.05. The highest BCUT2D eigenvalue weighted by Crippen LogP contribution is 2.25. The molecule has 1 aliphatic rings. The summed E-state index contributed by atoms with van der Waals surface area (Å²) in [6, 6.07) is 6.61. The third-order valence-electron chi connectivity index (χ3n) is 4.63. The Morgan fingerprint density at radius 1 is 1.29 bits per heavy atom. The quantitative estimate of drug-likeness (QED) is 0.927. The Labute approximate surface area is 127 Å². The van der Waals surface area contributed by atoms with Gasteiger partial charge in [-0.2, -0.15) is 0 Å². The number of hydrogen-bond donors (Lipinski definition) is 1. The highest BCUT2D eigenvalue weighted by Gasteiger charge is 2.26. The molecule has 116 valence electrons. The maximum Gasteiger partial charge on any atom is 0.253 e. The smallest absolute Gasteiger partial charge is 0.253 e. The molecule has 0 saturated heterocycles. The number of ether oxygens (including phenoxy) is 1. The Hall–Kier alpha value is -1.55. The van der Waals surface area contributed by atoms with E-state index < -0.39 is 0 Å². The minimum Gasteiger partial charge on any atom is -0.496 e. The van der Waals surface area contributed by atoms with Crippen molar-refractivity contribution < 1.29 is 9.53 Å². The monoisotopic (exact) mass is 290 g/mol. The molecule has 0 spiro atoms. The molecule has 1 aromatic rings. The van der Waals surface area contributed by atoms with Crippen molar-refractivity contribution in [3.8, 4) is 5.75 Å². The topological polar surface area (TPSA) is 41.6 Å². The van der Waals surface area contributed by atoms with E-state index in [1.165, 1.54) is 0 Å². The van der Waals surface area contributed by atoms with Gasteiger partial charge in [0.05, 0.1) is 7.11 Å². The van der Waals surface area contributed by atoms with Crippen molar-refractivity contribution in [3.05, 3.63) is 29.3 Å². The van der Waals surface area contributed by atoms with Crippen LogP contribution in [-0.4, -0.2) is 44.1 Å². The van der Waals surface area contributed by atoms with Gasteiger partial charge >= 0.3 is 0 Å². The van der Waals surface area contributed by atoms with Crippen molar-refractivity contribution in [2.45, 2.75) is 44.7 Å². The van der Waals surface area contributed by atoms with E-state index >= 15 is 0 Å². The molecule has 0 radical (unpaired) electrons. The lowest BCUT2D eigenvalue weighted by molar-refractivity contribution is 0.0685. The summed E-state index contributed by atoms with van der Waals surface area (Å²) < 4.78 is 5.31. The van der Waals surface area contributed by atoms with Gasteiger partial charge in [-0.15, -0.1) is 0 Å². The number of hydrogen-bond acceptors (Lipinski definition) is 3. The summed E-state index contributed by atoms with van der Waals surface area (Å²) in [5, 5.41) is 3.33. The van der Waals surface area contributed by atoms with Crippen LogP contribution in [0.25, 0.3) is 0 Å². The lowest BCUT2D eigenvalue weighted by atomic mass is 9.90. The number of methoxy groups -OCH3 is 1. The first kappa shape index (κ1) is 15.8. The lowest BCUT2D eigenvalue weighted by Gasteiger charge is -2.34. The van der Waals surface area contributed by atoms with E-state index in [0.29, 0.717) is 17.6 Å². The van der Waals surface area contributed by atoms with Gasteiger partial charge in [0.2, 0.25) is 0 Å². The minimum atomic E-state index is 0.0845. The predicted octanol–water partition coefficient (Wildman–Crippen LogP) is 2.61. The van der Waals surface area contributed by atoms with Crippen LogP contribution in [0.5, 0.6) is 5.75 Å². The van der Waals surface area contributed by atoms with Gasteiger partial charge in [0, 0.05) is 24.7 Å². The van der Waals surface area contributed by atoms with Gasteiger partial charge in [-0.25, -0.2) is 0 Å². The Bertz CT molecular complexity index is 494. The largest absolute Gasteiger partial charge is 0.496 e. The standard InChI is InChI=1S/C17H26N2O2/c1-12-5-6-13(11-16(12)21-4)17(20)19(3)15-9-7-14(18-2)8-10-15/h5-6,11,14-15,18H,7-10H2,1-4H3. The lowest BCUT2D eigenvalue weighted by Crippen LogP contribution is -2.42. The summed E-state index contributed by atoms with van der Waals surface area (Å²) >= 11 is 0. The molecule has 1 aliphatic carbocycles. The van der Waals surface area contributed by atoms with Gasteiger partial charge in [-0.1, -0.05) is 6.07 Å². The predicted molar refractivity (Wildman–Crippen MR) is 84.9 cm³/mol. The Kier molecular flexibility index (Phi) is 5.23. The molecular formula is C17H26N2O2. The second kappa shape index (κ2) is 6.94. The number of benzene rings is 1. The maximum atomic E-state index is 12.6. The van der Waals surface area contributed by atoms with Crippen molar-refractivity contribution in [1.29, 1.82) is 0 Å². The molecule has 21 heavy (non-hydrogen) atoms. The molecule has 1 amide bonds. The van der Waals surface area contributed by atoms with Crippen LogP contribution in [-0.2, 0) is 0 Å². The average Bonchev–Trinajstić information content (AvgIpc) is 2.54. The second-order valence-corrected chi connectivity index (χ2v) is 5.89. The zero-order valence-corrected chi connectivity index (χ0v) is 13.5. The number of amides is 1. The molecule has 4 heteroatoms. The molecule has 0 heterocycles. The molecule has 0 aromatic heterocycles. The third-order valence-corrected chi connectivity index (χ3v) is 4.63. The SMILES string of the molecule is CNC1CCC(N(C)C(=O)c2ccc(C)c(OC)c2)CC1. The van der Waals surface area contributed by atoms with E-state index in [2.05, 4.69) is 5.32 Å². The van der Waals surface area contributed by atoms with E-state index in [-0.39, 0.29) is 5.91 Å². The molecule has 1 N–H and O–H groups in total. The normalized spacial score (nSPS) is 21.9. The second-order valence-electron chi connectivity index (χ2n) is 5.89. The van der Waals surface area contributed by atoms with Crippen molar-refractivity contribution >= 4 is 5.91 Å². The number of carbonyl (C=O) groups is 1. The summed E-state index contributed by atoms with van der Waals surface area (Å²) in [5.41, 5.74) is 1.75. The van der Waals surface area contributed by atoms with Crippen molar-refractivity contribution in [2.75, 3.05) is 21.2 Å². The van der Waals surface area contributed by atoms with E-state index in [1.807, 2.05) is 44.1 Å². The Morgan fingerprint density at radius 2 is 1.95 bits per heavy atom. The molecule has 1 aromatic carbocycles. The molecule has 0 aliphatic heterocycles. The first-order valence-corrected chi connectivity index (χ1v) is 7.66. The highest BCUT2D eigenvalue weighted by molar-refractivity contribution is 5.94. The number of nitrogens with one attached hydrogen (secondary N) is 1. The van der Waals surface area contributed by atoms with Gasteiger partial charge in [0.1, 0.15) is 5.75 Å². The van der Waals surface area contributed by atoms with Gasteiger partial charge < -0.3 is 15.0 Å². The summed E-state index contributed by atoms with van der Waals surface area (Å²) in [6.07, 6.45) is 4.40. The van der Waals surface area contributed by atoms with Crippen LogP contribution in [0.3, 0.4) is 0 Å². The molecule has 4 nitrogen and oxygen atoms in total. The van der Waals surface area contributed by atoms with Crippen LogP contribution in [0.2, 0.25) is 0 Å². The fourth-order valence-electron chi connectivity index (χ4n) is 3.07. The van der Waals surface area contributed by atoms with Crippen LogP contribution < -0.4 is 10.1 Å². The zero-order valence-electron chi connectivity index (χ0n) is 13.5. The molecule has 0 atom stereocenters. The van der Waals surface area contributed by atoms with Crippen LogP contribution in [0.4, 0.5) is 0 Å². The molecule has 1 fully saturated rings. The number of nitrogens with zero attached hydrogens (tertiary/aromatic N) is 1. The van der Waals surface area contributed by atoms with E-state index in [0.717, 1.165) is 37.0 Å². The summed E-state index contributed by atoms with van der Waals surface area (Å²) in [6.45, 7) is 1.98. The van der Waals surface area contributed by atoms with Gasteiger partial charge in [0.25, 0.3) is 5.91 Å². The van der Waals surface area contributed by atoms with E-state index in [1.54, 1.807) is 7.11 Å². The Morgan fingerprint density at radius 3 is 2.52 bits per heavy atom.